The average molecular weight is 249 g/mol. The second-order valence-corrected chi connectivity index (χ2v) is 4.61. The Labute approximate surface area is 103 Å². The number of hydrogen-bond donors (Lipinski definition) is 3. The molecule has 0 bridgehead atoms. The lowest BCUT2D eigenvalue weighted by molar-refractivity contribution is 0.191. The maximum absolute atomic E-state index is 9.37. The molecule has 5 N–H and O–H groups in total. The van der Waals surface area contributed by atoms with Crippen LogP contribution in [0.2, 0.25) is 0 Å². The monoisotopic (exact) mass is 249 g/mol. The molecule has 2 aromatic rings. The molecule has 0 saturated heterocycles. The van der Waals surface area contributed by atoms with E-state index in [1.165, 1.54) is 0 Å². The summed E-state index contributed by atoms with van der Waals surface area (Å²) in [4.78, 5) is 8.01. The van der Waals surface area contributed by atoms with Crippen molar-refractivity contribution in [3.63, 3.8) is 0 Å². The number of aliphatic hydroxyl groups is 1. The molecule has 1 aliphatic rings. The fourth-order valence-corrected chi connectivity index (χ4v) is 2.64. The van der Waals surface area contributed by atoms with Crippen LogP contribution in [0, 0.1) is 5.92 Å². The van der Waals surface area contributed by atoms with Gasteiger partial charge in [0, 0.05) is 12.5 Å². The van der Waals surface area contributed by atoms with Gasteiger partial charge in [-0.2, -0.15) is 9.97 Å². The van der Waals surface area contributed by atoms with Crippen molar-refractivity contribution < 1.29 is 5.11 Å². The van der Waals surface area contributed by atoms with E-state index in [-0.39, 0.29) is 30.3 Å². The number of anilines is 2. The number of aromatic nitrogens is 5. The van der Waals surface area contributed by atoms with Gasteiger partial charge in [0.1, 0.15) is 0 Å². The third kappa shape index (κ3) is 1.57. The van der Waals surface area contributed by atoms with E-state index in [2.05, 4.69) is 20.3 Å². The molecule has 0 radical (unpaired) electrons. The Morgan fingerprint density at radius 2 is 2.11 bits per heavy atom. The lowest BCUT2D eigenvalue weighted by atomic mass is 10.1. The minimum atomic E-state index is 0.105. The minimum absolute atomic E-state index is 0.105. The first-order valence-corrected chi connectivity index (χ1v) is 5.95. The number of rotatable bonds is 2. The van der Waals surface area contributed by atoms with Crippen LogP contribution >= 0.6 is 0 Å². The molecule has 0 unspecified atom stereocenters. The fraction of sp³-hybridized carbons (Fsp3) is 0.600. The first-order valence-electron chi connectivity index (χ1n) is 5.95. The first-order chi connectivity index (χ1) is 8.70. The molecule has 2 atom stereocenters. The Balaban J connectivity index is 2.12. The number of nitrogen functional groups attached to an aromatic ring is 2. The van der Waals surface area contributed by atoms with Crippen molar-refractivity contribution >= 4 is 22.9 Å². The summed E-state index contributed by atoms with van der Waals surface area (Å²) in [5.74, 6) is 0.539. The standard InChI is InChI=1S/C10H15N7O/c11-8-7-9(14-10(12)13-8)17(16-15-7)6-3-1-2-5(6)4-18/h5-6,18H,1-4H2,(H4,11,12,13,14)/t5-,6-/m1/s1. The quantitative estimate of drug-likeness (QED) is 0.667. The summed E-state index contributed by atoms with van der Waals surface area (Å²) in [5.41, 5.74) is 12.4. The van der Waals surface area contributed by atoms with Crippen LogP contribution in [0.3, 0.4) is 0 Å². The van der Waals surface area contributed by atoms with Gasteiger partial charge in [0.05, 0.1) is 6.04 Å². The summed E-state index contributed by atoms with van der Waals surface area (Å²) in [6.07, 6.45) is 3.00. The van der Waals surface area contributed by atoms with Gasteiger partial charge in [0.2, 0.25) is 5.95 Å². The van der Waals surface area contributed by atoms with Crippen molar-refractivity contribution in [1.29, 1.82) is 0 Å². The van der Waals surface area contributed by atoms with Gasteiger partial charge in [-0.3, -0.25) is 0 Å². The van der Waals surface area contributed by atoms with Crippen LogP contribution in [0.15, 0.2) is 0 Å². The molecular formula is C10H15N7O. The molecule has 0 amide bonds. The zero-order valence-electron chi connectivity index (χ0n) is 9.82. The van der Waals surface area contributed by atoms with Crippen LogP contribution in [-0.2, 0) is 0 Å². The van der Waals surface area contributed by atoms with Gasteiger partial charge in [0.25, 0.3) is 0 Å². The predicted octanol–water partition coefficient (Wildman–Crippen LogP) is -0.281. The Hall–Kier alpha value is -1.96. The summed E-state index contributed by atoms with van der Waals surface area (Å²) < 4.78 is 1.72. The van der Waals surface area contributed by atoms with Crippen molar-refractivity contribution in [2.24, 2.45) is 5.92 Å². The molecule has 0 aromatic carbocycles. The van der Waals surface area contributed by atoms with E-state index in [4.69, 9.17) is 11.5 Å². The van der Waals surface area contributed by atoms with Gasteiger partial charge in [0.15, 0.2) is 17.0 Å². The minimum Gasteiger partial charge on any atom is -0.396 e. The van der Waals surface area contributed by atoms with Crippen LogP contribution in [-0.4, -0.2) is 36.7 Å². The fourth-order valence-electron chi connectivity index (χ4n) is 2.64. The summed E-state index contributed by atoms with van der Waals surface area (Å²) >= 11 is 0. The van der Waals surface area contributed by atoms with E-state index in [1.807, 2.05) is 0 Å². The van der Waals surface area contributed by atoms with Crippen molar-refractivity contribution in [1.82, 2.24) is 25.0 Å². The summed E-state index contributed by atoms with van der Waals surface area (Å²) in [6, 6.07) is 0.105. The molecule has 8 heteroatoms. The molecule has 1 fully saturated rings. The molecule has 2 heterocycles. The van der Waals surface area contributed by atoms with Crippen LogP contribution in [0.4, 0.5) is 11.8 Å². The highest BCUT2D eigenvalue weighted by Crippen LogP contribution is 2.36. The largest absolute Gasteiger partial charge is 0.396 e. The van der Waals surface area contributed by atoms with E-state index in [0.29, 0.717) is 11.2 Å². The van der Waals surface area contributed by atoms with Gasteiger partial charge in [-0.1, -0.05) is 11.6 Å². The summed E-state index contributed by atoms with van der Waals surface area (Å²) in [5, 5.41) is 17.5. The van der Waals surface area contributed by atoms with E-state index < -0.39 is 0 Å². The first kappa shape index (κ1) is 11.1. The zero-order chi connectivity index (χ0) is 12.7. The van der Waals surface area contributed by atoms with Crippen molar-refractivity contribution in [3.8, 4) is 0 Å². The van der Waals surface area contributed by atoms with Gasteiger partial charge < -0.3 is 16.6 Å². The highest BCUT2D eigenvalue weighted by atomic mass is 16.3. The second-order valence-electron chi connectivity index (χ2n) is 4.61. The number of aliphatic hydroxyl groups excluding tert-OH is 1. The van der Waals surface area contributed by atoms with Crippen LogP contribution in [0.1, 0.15) is 25.3 Å². The maximum Gasteiger partial charge on any atom is 0.224 e. The molecule has 18 heavy (non-hydrogen) atoms. The summed E-state index contributed by atoms with van der Waals surface area (Å²) in [7, 11) is 0. The highest BCUT2D eigenvalue weighted by molar-refractivity contribution is 5.81. The Kier molecular flexibility index (Phi) is 2.51. The van der Waals surface area contributed by atoms with Crippen molar-refractivity contribution in [2.75, 3.05) is 18.1 Å². The predicted molar refractivity (Wildman–Crippen MR) is 65.4 cm³/mol. The SMILES string of the molecule is Nc1nc(N)c2nnn([C@@H]3CCC[C@@H]3CO)c2n1. The van der Waals surface area contributed by atoms with Gasteiger partial charge in [-0.25, -0.2) is 4.68 Å². The second kappa shape index (κ2) is 4.05. The molecule has 8 nitrogen and oxygen atoms in total. The maximum atomic E-state index is 9.37. The molecule has 0 aliphatic heterocycles. The Morgan fingerprint density at radius 1 is 1.28 bits per heavy atom. The molecule has 1 aliphatic carbocycles. The number of fused-ring (bicyclic) bond motifs is 1. The molecule has 0 spiro atoms. The Morgan fingerprint density at radius 3 is 2.89 bits per heavy atom. The topological polar surface area (TPSA) is 129 Å². The Bertz CT molecular complexity index is 581. The van der Waals surface area contributed by atoms with Crippen LogP contribution in [0.5, 0.6) is 0 Å². The molecule has 3 rings (SSSR count). The van der Waals surface area contributed by atoms with E-state index in [0.717, 1.165) is 19.3 Å². The van der Waals surface area contributed by atoms with E-state index >= 15 is 0 Å². The van der Waals surface area contributed by atoms with Crippen LogP contribution in [0.25, 0.3) is 11.2 Å². The number of hydrogen-bond acceptors (Lipinski definition) is 7. The van der Waals surface area contributed by atoms with E-state index in [9.17, 15) is 5.11 Å². The van der Waals surface area contributed by atoms with Crippen molar-refractivity contribution in [2.45, 2.75) is 25.3 Å². The number of nitrogens with two attached hydrogens (primary N) is 2. The van der Waals surface area contributed by atoms with Gasteiger partial charge >= 0.3 is 0 Å². The zero-order valence-corrected chi connectivity index (χ0v) is 9.82. The van der Waals surface area contributed by atoms with Gasteiger partial charge in [-0.05, 0) is 12.8 Å². The molecule has 96 valence electrons. The van der Waals surface area contributed by atoms with E-state index in [1.54, 1.807) is 4.68 Å². The smallest absolute Gasteiger partial charge is 0.224 e. The highest BCUT2D eigenvalue weighted by Gasteiger charge is 2.31. The van der Waals surface area contributed by atoms with Gasteiger partial charge in [-0.15, -0.1) is 5.10 Å². The lowest BCUT2D eigenvalue weighted by Crippen LogP contribution is -2.19. The normalized spacial score (nSPS) is 23.8. The third-order valence-corrected chi connectivity index (χ3v) is 3.54. The number of nitrogens with zero attached hydrogens (tertiary/aromatic N) is 5. The molecule has 2 aromatic heterocycles. The average Bonchev–Trinajstić information content (AvgIpc) is 2.93. The van der Waals surface area contributed by atoms with Crippen LogP contribution < -0.4 is 11.5 Å². The molecule has 1 saturated carbocycles. The summed E-state index contributed by atoms with van der Waals surface area (Å²) in [6.45, 7) is 0.141. The third-order valence-electron chi connectivity index (χ3n) is 3.54. The lowest BCUT2D eigenvalue weighted by Gasteiger charge is -2.17. The molecular weight excluding hydrogens is 234 g/mol. The van der Waals surface area contributed by atoms with Crippen molar-refractivity contribution in [3.05, 3.63) is 0 Å².